The van der Waals surface area contributed by atoms with Crippen LogP contribution >= 0.6 is 11.8 Å². The molecule has 3 rings (SSSR count). The second-order valence-electron chi connectivity index (χ2n) is 8.18. The Balaban J connectivity index is 1.92. The smallest absolute Gasteiger partial charge is 0.319 e. The number of rotatable bonds is 7. The number of hydrogen-bond donors (Lipinski definition) is 2. The van der Waals surface area contributed by atoms with Gasteiger partial charge in [-0.3, -0.25) is 14.4 Å². The van der Waals surface area contributed by atoms with Crippen molar-refractivity contribution in [2.24, 2.45) is 5.92 Å². The number of esters is 1. The standard InChI is InChI=1S/C26H26FN3O4S/c1-5-34-26(33)22-21(17-8-6-7-9-19(17)27)18(12-28)25(30-24(22)32)35-13-20(31)29-23-15(3)10-14(2)11-16(23)4/h6-11,21-22H,5,13H2,1-4H3,(H,29,31)(H,30,32)/t21-,22+/m1/s1. The van der Waals surface area contributed by atoms with E-state index in [1.807, 2.05) is 39.0 Å². The lowest BCUT2D eigenvalue weighted by atomic mass is 9.78. The average molecular weight is 496 g/mol. The molecular formula is C26H26FN3O4S. The second-order valence-corrected chi connectivity index (χ2v) is 9.17. The van der Waals surface area contributed by atoms with E-state index in [4.69, 9.17) is 4.74 Å². The maximum atomic E-state index is 14.7. The molecule has 0 saturated heterocycles. The third-order valence-corrected chi connectivity index (χ3v) is 6.62. The highest BCUT2D eigenvalue weighted by molar-refractivity contribution is 8.03. The highest BCUT2D eigenvalue weighted by Gasteiger charge is 2.45. The minimum Gasteiger partial charge on any atom is -0.465 e. The Bertz CT molecular complexity index is 1230. The molecule has 0 aliphatic carbocycles. The van der Waals surface area contributed by atoms with E-state index in [1.54, 1.807) is 13.0 Å². The molecule has 2 amide bonds. The summed E-state index contributed by atoms with van der Waals surface area (Å²) >= 11 is 0.946. The van der Waals surface area contributed by atoms with Crippen molar-refractivity contribution in [3.63, 3.8) is 0 Å². The van der Waals surface area contributed by atoms with E-state index in [9.17, 15) is 24.0 Å². The van der Waals surface area contributed by atoms with E-state index in [1.165, 1.54) is 18.2 Å². The minimum absolute atomic E-state index is 0.00625. The van der Waals surface area contributed by atoms with Crippen LogP contribution in [-0.4, -0.2) is 30.1 Å². The second kappa shape index (κ2) is 11.2. The van der Waals surface area contributed by atoms with Gasteiger partial charge in [-0.05, 0) is 50.5 Å². The van der Waals surface area contributed by atoms with Gasteiger partial charge in [-0.15, -0.1) is 0 Å². The van der Waals surface area contributed by atoms with Crippen LogP contribution in [0.25, 0.3) is 0 Å². The molecule has 182 valence electrons. The first-order chi connectivity index (χ1) is 16.7. The molecule has 1 heterocycles. The summed E-state index contributed by atoms with van der Waals surface area (Å²) in [4.78, 5) is 38.3. The summed E-state index contributed by atoms with van der Waals surface area (Å²) < 4.78 is 19.8. The number of nitrogens with one attached hydrogen (secondary N) is 2. The molecule has 0 unspecified atom stereocenters. The summed E-state index contributed by atoms with van der Waals surface area (Å²) in [6, 6.07) is 11.6. The summed E-state index contributed by atoms with van der Waals surface area (Å²) in [6.45, 7) is 7.38. The molecular weight excluding hydrogens is 469 g/mol. The van der Waals surface area contributed by atoms with Crippen molar-refractivity contribution in [2.45, 2.75) is 33.6 Å². The van der Waals surface area contributed by atoms with Gasteiger partial charge in [-0.2, -0.15) is 5.26 Å². The van der Waals surface area contributed by atoms with Gasteiger partial charge in [-0.25, -0.2) is 4.39 Å². The molecule has 1 aliphatic heterocycles. The van der Waals surface area contributed by atoms with Gasteiger partial charge in [0.1, 0.15) is 11.7 Å². The van der Waals surface area contributed by atoms with Crippen molar-refractivity contribution in [2.75, 3.05) is 17.7 Å². The lowest BCUT2D eigenvalue weighted by Crippen LogP contribution is -2.44. The van der Waals surface area contributed by atoms with Crippen LogP contribution in [0.3, 0.4) is 0 Å². The molecule has 1 aliphatic rings. The van der Waals surface area contributed by atoms with Crippen molar-refractivity contribution < 1.29 is 23.5 Å². The third kappa shape index (κ3) is 5.72. The topological polar surface area (TPSA) is 108 Å². The lowest BCUT2D eigenvalue weighted by molar-refractivity contribution is -0.152. The van der Waals surface area contributed by atoms with E-state index in [-0.39, 0.29) is 34.4 Å². The number of hydrogen-bond acceptors (Lipinski definition) is 6. The molecule has 2 aromatic rings. The fraction of sp³-hybridized carbons (Fsp3) is 0.308. The molecule has 2 aromatic carbocycles. The van der Waals surface area contributed by atoms with Crippen LogP contribution in [0.4, 0.5) is 10.1 Å². The summed E-state index contributed by atoms with van der Waals surface area (Å²) in [6.07, 6.45) is 0. The van der Waals surface area contributed by atoms with Crippen molar-refractivity contribution in [1.82, 2.24) is 5.32 Å². The quantitative estimate of drug-likeness (QED) is 0.439. The zero-order valence-electron chi connectivity index (χ0n) is 19.9. The Morgan fingerprint density at radius 2 is 1.86 bits per heavy atom. The fourth-order valence-corrected chi connectivity index (χ4v) is 5.03. The SMILES string of the molecule is CCOC(=O)[C@@H]1C(=O)NC(SCC(=O)Nc2c(C)cc(C)cc2C)=C(C#N)[C@H]1c1ccccc1F. The number of ether oxygens (including phenoxy) is 1. The number of thioether (sulfide) groups is 1. The van der Waals surface area contributed by atoms with Crippen molar-refractivity contribution in [3.8, 4) is 6.07 Å². The van der Waals surface area contributed by atoms with E-state index in [2.05, 4.69) is 10.6 Å². The van der Waals surface area contributed by atoms with Gasteiger partial charge in [0, 0.05) is 11.6 Å². The van der Waals surface area contributed by atoms with Gasteiger partial charge in [-0.1, -0.05) is 47.7 Å². The highest BCUT2D eigenvalue weighted by atomic mass is 32.2. The number of aryl methyl sites for hydroxylation is 3. The summed E-state index contributed by atoms with van der Waals surface area (Å²) in [7, 11) is 0. The predicted molar refractivity (Wildman–Crippen MR) is 132 cm³/mol. The number of carbonyl (C=O) groups excluding carboxylic acids is 3. The maximum Gasteiger partial charge on any atom is 0.319 e. The number of amides is 2. The molecule has 0 radical (unpaired) electrons. The summed E-state index contributed by atoms with van der Waals surface area (Å²) in [5.74, 6) is -5.27. The van der Waals surface area contributed by atoms with Crippen LogP contribution in [0.1, 0.15) is 35.1 Å². The van der Waals surface area contributed by atoms with Crippen LogP contribution < -0.4 is 10.6 Å². The van der Waals surface area contributed by atoms with Crippen LogP contribution in [0.5, 0.6) is 0 Å². The summed E-state index contributed by atoms with van der Waals surface area (Å²) in [5.41, 5.74) is 3.64. The van der Waals surface area contributed by atoms with Gasteiger partial charge >= 0.3 is 5.97 Å². The first kappa shape index (κ1) is 26.0. The molecule has 0 aromatic heterocycles. The Morgan fingerprint density at radius 3 is 2.46 bits per heavy atom. The Labute approximate surface area is 207 Å². The monoisotopic (exact) mass is 495 g/mol. The number of allylic oxidation sites excluding steroid dienone is 1. The summed E-state index contributed by atoms with van der Waals surface area (Å²) in [5, 5.41) is 15.5. The molecule has 7 nitrogen and oxygen atoms in total. The van der Waals surface area contributed by atoms with Gasteiger partial charge in [0.15, 0.2) is 0 Å². The van der Waals surface area contributed by atoms with E-state index >= 15 is 0 Å². The molecule has 0 bridgehead atoms. The first-order valence-electron chi connectivity index (χ1n) is 11.0. The average Bonchev–Trinajstić information content (AvgIpc) is 2.80. The number of nitriles is 1. The van der Waals surface area contributed by atoms with Gasteiger partial charge in [0.05, 0.1) is 29.0 Å². The third-order valence-electron chi connectivity index (χ3n) is 5.60. The van der Waals surface area contributed by atoms with Crippen LogP contribution in [0, 0.1) is 43.8 Å². The Morgan fingerprint density at radius 1 is 1.20 bits per heavy atom. The molecule has 0 saturated carbocycles. The van der Waals surface area contributed by atoms with E-state index in [0.29, 0.717) is 5.69 Å². The Hall–Kier alpha value is -3.64. The molecule has 0 fully saturated rings. The number of halogens is 1. The van der Waals surface area contributed by atoms with Crippen molar-refractivity contribution >= 4 is 35.2 Å². The van der Waals surface area contributed by atoms with Crippen LogP contribution in [-0.2, 0) is 19.1 Å². The zero-order chi connectivity index (χ0) is 25.7. The van der Waals surface area contributed by atoms with Gasteiger partial charge in [0.2, 0.25) is 11.8 Å². The van der Waals surface area contributed by atoms with Crippen molar-refractivity contribution in [1.29, 1.82) is 5.26 Å². The first-order valence-corrected chi connectivity index (χ1v) is 12.0. The van der Waals surface area contributed by atoms with E-state index in [0.717, 1.165) is 28.5 Å². The molecule has 35 heavy (non-hydrogen) atoms. The fourth-order valence-electron chi connectivity index (χ4n) is 4.18. The normalized spacial score (nSPS) is 17.4. The van der Waals surface area contributed by atoms with Crippen LogP contribution in [0.2, 0.25) is 0 Å². The minimum atomic E-state index is -1.43. The zero-order valence-corrected chi connectivity index (χ0v) is 20.7. The Kier molecular flexibility index (Phi) is 8.30. The molecule has 2 atom stereocenters. The van der Waals surface area contributed by atoms with Gasteiger partial charge < -0.3 is 15.4 Å². The predicted octanol–water partition coefficient (Wildman–Crippen LogP) is 4.25. The lowest BCUT2D eigenvalue weighted by Gasteiger charge is -2.31. The number of benzene rings is 2. The molecule has 2 N–H and O–H groups in total. The van der Waals surface area contributed by atoms with E-state index < -0.39 is 29.5 Å². The number of anilines is 1. The largest absolute Gasteiger partial charge is 0.465 e. The maximum absolute atomic E-state index is 14.7. The molecule has 9 heteroatoms. The highest BCUT2D eigenvalue weighted by Crippen LogP contribution is 2.41. The van der Waals surface area contributed by atoms with Gasteiger partial charge in [0.25, 0.3) is 0 Å². The number of nitrogens with zero attached hydrogens (tertiary/aromatic N) is 1. The number of carbonyl (C=O) groups is 3. The van der Waals surface area contributed by atoms with Crippen LogP contribution in [0.15, 0.2) is 47.0 Å². The molecule has 0 spiro atoms. The van der Waals surface area contributed by atoms with Crippen molar-refractivity contribution in [3.05, 3.63) is 75.1 Å².